The van der Waals surface area contributed by atoms with E-state index < -0.39 is 0 Å². The maximum Gasteiger partial charge on any atom is 0.258 e. The van der Waals surface area contributed by atoms with E-state index in [-0.39, 0.29) is 18.2 Å². The molecule has 2 amide bonds. The number of hydrogen-bond donors (Lipinski definition) is 2. The molecule has 0 atom stereocenters. The molecule has 0 fully saturated rings. The van der Waals surface area contributed by atoms with Crippen molar-refractivity contribution >= 4 is 45.3 Å². The Morgan fingerprint density at radius 2 is 1.76 bits per heavy atom. The monoisotopic (exact) mass is 433 g/mol. The van der Waals surface area contributed by atoms with Crippen molar-refractivity contribution in [1.29, 1.82) is 0 Å². The number of hydrogen-bond acceptors (Lipinski definition) is 8. The highest BCUT2D eigenvalue weighted by molar-refractivity contribution is 7.14. The van der Waals surface area contributed by atoms with Crippen LogP contribution in [0.3, 0.4) is 0 Å². The van der Waals surface area contributed by atoms with Gasteiger partial charge < -0.3 is 19.5 Å². The van der Waals surface area contributed by atoms with Crippen LogP contribution >= 0.6 is 22.7 Å². The molecular weight excluding hydrogens is 414 g/mol. The molecule has 0 aliphatic carbocycles. The van der Waals surface area contributed by atoms with Crippen molar-refractivity contribution in [3.05, 3.63) is 45.6 Å². The number of nitrogens with one attached hydrogen (secondary N) is 2. The summed E-state index contributed by atoms with van der Waals surface area (Å²) in [7, 11) is 4.52. The number of methoxy groups -OCH3 is 3. The predicted octanol–water partition coefficient (Wildman–Crippen LogP) is 3.66. The van der Waals surface area contributed by atoms with E-state index in [4.69, 9.17) is 14.2 Å². The number of rotatable bonds is 8. The Balaban J connectivity index is 1.64. The van der Waals surface area contributed by atoms with Crippen LogP contribution in [-0.2, 0) is 11.2 Å². The molecule has 8 nitrogen and oxygen atoms in total. The fourth-order valence-corrected chi connectivity index (χ4v) is 3.87. The van der Waals surface area contributed by atoms with Crippen LogP contribution in [0, 0.1) is 0 Å². The van der Waals surface area contributed by atoms with Crippen molar-refractivity contribution in [3.8, 4) is 17.2 Å². The van der Waals surface area contributed by atoms with Gasteiger partial charge in [-0.05, 0) is 11.4 Å². The van der Waals surface area contributed by atoms with Crippen LogP contribution in [0.5, 0.6) is 17.2 Å². The third-order valence-electron chi connectivity index (χ3n) is 3.85. The number of carbonyl (C=O) groups excluding carboxylic acids is 2. The molecule has 10 heteroatoms. The summed E-state index contributed by atoms with van der Waals surface area (Å²) in [5.41, 5.74) is 1.64. The highest BCUT2D eigenvalue weighted by atomic mass is 32.1. The van der Waals surface area contributed by atoms with Crippen LogP contribution in [0.4, 0.5) is 10.8 Å². The molecule has 0 radical (unpaired) electrons. The van der Waals surface area contributed by atoms with Gasteiger partial charge in [0.25, 0.3) is 5.91 Å². The van der Waals surface area contributed by atoms with Crippen molar-refractivity contribution in [2.24, 2.45) is 0 Å². The topological polar surface area (TPSA) is 98.8 Å². The van der Waals surface area contributed by atoms with Crippen LogP contribution in [0.15, 0.2) is 34.3 Å². The van der Waals surface area contributed by atoms with Gasteiger partial charge >= 0.3 is 0 Å². The lowest BCUT2D eigenvalue weighted by molar-refractivity contribution is -0.115. The second kappa shape index (κ2) is 9.39. The van der Waals surface area contributed by atoms with Crippen LogP contribution in [0.2, 0.25) is 0 Å². The first-order chi connectivity index (χ1) is 14.0. The third-order valence-corrected chi connectivity index (χ3v) is 5.34. The second-order valence-corrected chi connectivity index (χ2v) is 7.39. The van der Waals surface area contributed by atoms with Gasteiger partial charge in [-0.2, -0.15) is 11.3 Å². The van der Waals surface area contributed by atoms with Crippen molar-refractivity contribution in [2.75, 3.05) is 32.0 Å². The zero-order valence-electron chi connectivity index (χ0n) is 16.0. The molecule has 2 aromatic heterocycles. The van der Waals surface area contributed by atoms with Crippen molar-refractivity contribution < 1.29 is 23.8 Å². The summed E-state index contributed by atoms with van der Waals surface area (Å²) in [5.74, 6) is 0.830. The van der Waals surface area contributed by atoms with Crippen LogP contribution in [-0.4, -0.2) is 38.1 Å². The average Bonchev–Trinajstić information content (AvgIpc) is 3.39. The highest BCUT2D eigenvalue weighted by Crippen LogP contribution is 2.39. The lowest BCUT2D eigenvalue weighted by atomic mass is 10.2. The number of thiazole rings is 1. The second-order valence-electron chi connectivity index (χ2n) is 5.75. The molecule has 29 heavy (non-hydrogen) atoms. The standard InChI is InChI=1S/C19H19N3O5S2/c1-25-14-6-12(7-15(26-2)17(14)27-3)20-16(23)8-13-10-29-19(21-13)22-18(24)11-4-5-28-9-11/h4-7,9-10H,8H2,1-3H3,(H,20,23)(H,21,22,24). The quantitative estimate of drug-likeness (QED) is 0.562. The maximum absolute atomic E-state index is 12.4. The predicted molar refractivity (Wildman–Crippen MR) is 113 cm³/mol. The number of ether oxygens (including phenoxy) is 3. The molecule has 0 spiro atoms. The van der Waals surface area contributed by atoms with E-state index in [2.05, 4.69) is 15.6 Å². The molecule has 0 bridgehead atoms. The minimum atomic E-state index is -0.264. The van der Waals surface area contributed by atoms with Gasteiger partial charge in [0.2, 0.25) is 11.7 Å². The van der Waals surface area contributed by atoms with Gasteiger partial charge in [-0.15, -0.1) is 11.3 Å². The van der Waals surface area contributed by atoms with Gasteiger partial charge in [0.1, 0.15) is 0 Å². The molecule has 0 aliphatic heterocycles. The van der Waals surface area contributed by atoms with Gasteiger partial charge in [-0.25, -0.2) is 4.98 Å². The first-order valence-electron chi connectivity index (χ1n) is 8.41. The van der Waals surface area contributed by atoms with Gasteiger partial charge in [0.05, 0.1) is 39.0 Å². The van der Waals surface area contributed by atoms with E-state index in [1.54, 1.807) is 29.0 Å². The van der Waals surface area contributed by atoms with Gasteiger partial charge in [-0.3, -0.25) is 14.9 Å². The zero-order chi connectivity index (χ0) is 20.8. The van der Waals surface area contributed by atoms with Crippen molar-refractivity contribution in [3.63, 3.8) is 0 Å². The van der Waals surface area contributed by atoms with Crippen LogP contribution < -0.4 is 24.8 Å². The molecule has 1 aromatic carbocycles. The summed E-state index contributed by atoms with van der Waals surface area (Å²) in [6.07, 6.45) is 0.0570. The Labute approximate surface area is 175 Å². The number of aromatic nitrogens is 1. The smallest absolute Gasteiger partial charge is 0.258 e. The largest absolute Gasteiger partial charge is 0.493 e. The number of carbonyl (C=O) groups is 2. The Bertz CT molecular complexity index is 976. The molecule has 2 N–H and O–H groups in total. The summed E-state index contributed by atoms with van der Waals surface area (Å²) < 4.78 is 15.8. The Morgan fingerprint density at radius 3 is 2.34 bits per heavy atom. The summed E-state index contributed by atoms with van der Waals surface area (Å²) in [6.45, 7) is 0. The SMILES string of the molecule is COc1cc(NC(=O)Cc2csc(NC(=O)c3ccsc3)n2)cc(OC)c1OC. The minimum Gasteiger partial charge on any atom is -0.493 e. The van der Waals surface area contributed by atoms with Crippen LogP contribution in [0.1, 0.15) is 16.1 Å². The molecule has 0 saturated heterocycles. The molecule has 0 unspecified atom stereocenters. The van der Waals surface area contributed by atoms with E-state index in [1.807, 2.05) is 5.38 Å². The van der Waals surface area contributed by atoms with Gasteiger partial charge in [0.15, 0.2) is 16.6 Å². The molecular formula is C19H19N3O5S2. The van der Waals surface area contributed by atoms with Crippen LogP contribution in [0.25, 0.3) is 0 Å². The normalized spacial score (nSPS) is 10.3. The number of thiophene rings is 1. The zero-order valence-corrected chi connectivity index (χ0v) is 17.6. The molecule has 3 rings (SSSR count). The summed E-state index contributed by atoms with van der Waals surface area (Å²) in [6, 6.07) is 5.03. The lowest BCUT2D eigenvalue weighted by Gasteiger charge is -2.14. The first-order valence-corrected chi connectivity index (χ1v) is 10.2. The number of benzene rings is 1. The summed E-state index contributed by atoms with van der Waals surface area (Å²) in [5, 5.41) is 11.3. The van der Waals surface area contributed by atoms with E-state index in [9.17, 15) is 9.59 Å². The Hall–Kier alpha value is -3.11. The maximum atomic E-state index is 12.4. The van der Waals surface area contributed by atoms with E-state index in [0.29, 0.717) is 39.3 Å². The van der Waals surface area contributed by atoms with E-state index >= 15 is 0 Å². The number of nitrogens with zero attached hydrogens (tertiary/aromatic N) is 1. The average molecular weight is 434 g/mol. The molecule has 3 aromatic rings. The minimum absolute atomic E-state index is 0.0570. The molecule has 2 heterocycles. The fourth-order valence-electron chi connectivity index (χ4n) is 2.53. The lowest BCUT2D eigenvalue weighted by Crippen LogP contribution is -2.15. The number of anilines is 2. The molecule has 0 aliphatic rings. The molecule has 0 saturated carbocycles. The molecule has 152 valence electrons. The number of amides is 2. The third kappa shape index (κ3) is 5.04. The van der Waals surface area contributed by atoms with Gasteiger partial charge in [0, 0.05) is 28.6 Å². The van der Waals surface area contributed by atoms with Gasteiger partial charge in [-0.1, -0.05) is 0 Å². The highest BCUT2D eigenvalue weighted by Gasteiger charge is 2.16. The fraction of sp³-hybridized carbons (Fsp3) is 0.211. The first kappa shape index (κ1) is 20.6. The van der Waals surface area contributed by atoms with Crippen molar-refractivity contribution in [1.82, 2.24) is 4.98 Å². The van der Waals surface area contributed by atoms with E-state index in [0.717, 1.165) is 0 Å². The Kier molecular flexibility index (Phi) is 6.68. The van der Waals surface area contributed by atoms with E-state index in [1.165, 1.54) is 44.0 Å². The summed E-state index contributed by atoms with van der Waals surface area (Å²) >= 11 is 2.71. The summed E-state index contributed by atoms with van der Waals surface area (Å²) in [4.78, 5) is 28.8. The van der Waals surface area contributed by atoms with Crippen molar-refractivity contribution in [2.45, 2.75) is 6.42 Å². The Morgan fingerprint density at radius 1 is 1.03 bits per heavy atom.